The van der Waals surface area contributed by atoms with Gasteiger partial charge in [-0.3, -0.25) is 4.79 Å². The van der Waals surface area contributed by atoms with Crippen molar-refractivity contribution in [3.63, 3.8) is 0 Å². The fourth-order valence-corrected chi connectivity index (χ4v) is 2.90. The molecule has 84 valence electrons. The van der Waals surface area contributed by atoms with Crippen molar-refractivity contribution in [3.8, 4) is 0 Å². The summed E-state index contributed by atoms with van der Waals surface area (Å²) in [6, 6.07) is 0. The quantitative estimate of drug-likeness (QED) is 0.484. The first kappa shape index (κ1) is 13.8. The molecule has 0 aromatic heterocycles. The lowest BCUT2D eigenvalue weighted by Crippen LogP contribution is -2.08. The topological polar surface area (TPSA) is 60.4 Å². The van der Waals surface area contributed by atoms with E-state index in [1.807, 2.05) is 0 Å². The molecule has 0 aliphatic rings. The molecule has 0 unspecified atom stereocenters. The first-order valence-electron chi connectivity index (χ1n) is 4.37. The number of thioether (sulfide) groups is 1. The molecular formula is C8H16O4S2. The Morgan fingerprint density at radius 3 is 2.50 bits per heavy atom. The average Bonchev–Trinajstić information content (AvgIpc) is 2.02. The van der Waals surface area contributed by atoms with Crippen molar-refractivity contribution in [1.82, 2.24) is 0 Å². The van der Waals surface area contributed by atoms with Gasteiger partial charge in [-0.1, -0.05) is 0 Å². The SMILES string of the molecule is CCOC(=O)CCSCCS(C)(=O)=O. The minimum Gasteiger partial charge on any atom is -0.466 e. The number of esters is 1. The minimum atomic E-state index is -2.87. The second kappa shape index (κ2) is 7.11. The average molecular weight is 240 g/mol. The fraction of sp³-hybridized carbons (Fsp3) is 0.875. The lowest BCUT2D eigenvalue weighted by Gasteiger charge is -2.01. The number of rotatable bonds is 7. The van der Waals surface area contributed by atoms with E-state index < -0.39 is 9.84 Å². The van der Waals surface area contributed by atoms with Gasteiger partial charge in [0.2, 0.25) is 0 Å². The van der Waals surface area contributed by atoms with Gasteiger partial charge in [0.25, 0.3) is 0 Å². The van der Waals surface area contributed by atoms with Crippen LogP contribution in [0.2, 0.25) is 0 Å². The van der Waals surface area contributed by atoms with E-state index in [-0.39, 0.29) is 11.7 Å². The maximum atomic E-state index is 10.8. The van der Waals surface area contributed by atoms with E-state index in [0.717, 1.165) is 0 Å². The zero-order valence-electron chi connectivity index (χ0n) is 8.49. The Morgan fingerprint density at radius 2 is 2.00 bits per heavy atom. The van der Waals surface area contributed by atoms with Gasteiger partial charge in [-0.25, -0.2) is 8.42 Å². The predicted octanol–water partition coefficient (Wildman–Crippen LogP) is 0.717. The third-order valence-corrected chi connectivity index (χ3v) is 3.54. The summed E-state index contributed by atoms with van der Waals surface area (Å²) < 4.78 is 26.2. The maximum absolute atomic E-state index is 10.8. The van der Waals surface area contributed by atoms with Crippen LogP contribution in [0.1, 0.15) is 13.3 Å². The molecule has 0 radical (unpaired) electrons. The van der Waals surface area contributed by atoms with Gasteiger partial charge in [0.15, 0.2) is 0 Å². The van der Waals surface area contributed by atoms with Crippen LogP contribution in [0.25, 0.3) is 0 Å². The molecule has 0 amide bonds. The fourth-order valence-electron chi connectivity index (χ4n) is 0.701. The van der Waals surface area contributed by atoms with E-state index in [1.54, 1.807) is 6.92 Å². The Morgan fingerprint density at radius 1 is 1.36 bits per heavy atom. The zero-order valence-corrected chi connectivity index (χ0v) is 10.1. The molecule has 0 heterocycles. The van der Waals surface area contributed by atoms with Gasteiger partial charge in [-0.15, -0.1) is 0 Å². The molecule has 4 nitrogen and oxygen atoms in total. The molecule has 0 saturated carbocycles. The van der Waals surface area contributed by atoms with E-state index >= 15 is 0 Å². The monoisotopic (exact) mass is 240 g/mol. The first-order valence-corrected chi connectivity index (χ1v) is 7.58. The summed E-state index contributed by atoms with van der Waals surface area (Å²) in [5.74, 6) is 1.10. The molecule has 0 bridgehead atoms. The largest absolute Gasteiger partial charge is 0.466 e. The highest BCUT2D eigenvalue weighted by atomic mass is 32.2. The molecular weight excluding hydrogens is 224 g/mol. The van der Waals surface area contributed by atoms with Crippen molar-refractivity contribution in [2.75, 3.05) is 30.1 Å². The van der Waals surface area contributed by atoms with Crippen molar-refractivity contribution in [2.45, 2.75) is 13.3 Å². The van der Waals surface area contributed by atoms with E-state index in [4.69, 9.17) is 4.74 Å². The summed E-state index contributed by atoms with van der Waals surface area (Å²) in [5, 5.41) is 0. The highest BCUT2D eigenvalue weighted by Crippen LogP contribution is 2.04. The van der Waals surface area contributed by atoms with E-state index in [2.05, 4.69) is 0 Å². The summed E-state index contributed by atoms with van der Waals surface area (Å²) >= 11 is 1.45. The normalized spacial score (nSPS) is 11.3. The third-order valence-electron chi connectivity index (χ3n) is 1.35. The molecule has 0 aliphatic carbocycles. The number of sulfone groups is 1. The van der Waals surface area contributed by atoms with Crippen LogP contribution in [0.15, 0.2) is 0 Å². The smallest absolute Gasteiger partial charge is 0.306 e. The third kappa shape index (κ3) is 9.85. The summed E-state index contributed by atoms with van der Waals surface area (Å²) in [5.41, 5.74) is 0. The number of carbonyl (C=O) groups is 1. The highest BCUT2D eigenvalue weighted by Gasteiger charge is 2.03. The van der Waals surface area contributed by atoms with Crippen molar-refractivity contribution in [3.05, 3.63) is 0 Å². The van der Waals surface area contributed by atoms with Crippen molar-refractivity contribution >= 4 is 27.6 Å². The van der Waals surface area contributed by atoms with Crippen molar-refractivity contribution < 1.29 is 17.9 Å². The molecule has 0 spiro atoms. The lowest BCUT2D eigenvalue weighted by molar-refractivity contribution is -0.142. The first-order chi connectivity index (χ1) is 6.45. The molecule has 6 heteroatoms. The second-order valence-corrected chi connectivity index (χ2v) is 6.28. The van der Waals surface area contributed by atoms with E-state index in [0.29, 0.717) is 24.5 Å². The van der Waals surface area contributed by atoms with Gasteiger partial charge in [-0.05, 0) is 6.92 Å². The Labute approximate surface area is 89.3 Å². The zero-order chi connectivity index (χ0) is 11.0. The van der Waals surface area contributed by atoms with Crippen molar-refractivity contribution in [1.29, 1.82) is 0 Å². The van der Waals surface area contributed by atoms with E-state index in [1.165, 1.54) is 18.0 Å². The molecule has 0 aliphatic heterocycles. The van der Waals surface area contributed by atoms with Crippen LogP contribution in [-0.4, -0.2) is 44.5 Å². The lowest BCUT2D eigenvalue weighted by atomic mass is 10.5. The van der Waals surface area contributed by atoms with Crippen LogP contribution >= 0.6 is 11.8 Å². The highest BCUT2D eigenvalue weighted by molar-refractivity contribution is 8.00. The summed E-state index contributed by atoms with van der Waals surface area (Å²) in [6.45, 7) is 2.15. The molecule has 0 atom stereocenters. The summed E-state index contributed by atoms with van der Waals surface area (Å²) in [6.07, 6.45) is 1.56. The Hall–Kier alpha value is -0.230. The van der Waals surface area contributed by atoms with Crippen LogP contribution in [-0.2, 0) is 19.4 Å². The minimum absolute atomic E-state index is 0.167. The number of carbonyl (C=O) groups excluding carboxylic acids is 1. The Balaban J connectivity index is 3.34. The second-order valence-electron chi connectivity index (χ2n) is 2.80. The van der Waals surface area contributed by atoms with Gasteiger partial charge in [0.1, 0.15) is 9.84 Å². The van der Waals surface area contributed by atoms with Gasteiger partial charge in [-0.2, -0.15) is 11.8 Å². The van der Waals surface area contributed by atoms with Gasteiger partial charge in [0.05, 0.1) is 18.8 Å². The molecule has 0 rings (SSSR count). The maximum Gasteiger partial charge on any atom is 0.306 e. The van der Waals surface area contributed by atoms with Crippen LogP contribution in [0.4, 0.5) is 0 Å². The van der Waals surface area contributed by atoms with Crippen LogP contribution in [0.5, 0.6) is 0 Å². The number of ether oxygens (including phenoxy) is 1. The molecule has 0 fully saturated rings. The predicted molar refractivity (Wildman–Crippen MR) is 58.3 cm³/mol. The van der Waals surface area contributed by atoms with Gasteiger partial charge in [0, 0.05) is 17.8 Å². The molecule has 0 aromatic rings. The number of hydrogen-bond donors (Lipinski definition) is 0. The Bertz CT molecular complexity index is 259. The van der Waals surface area contributed by atoms with Gasteiger partial charge >= 0.3 is 5.97 Å². The van der Waals surface area contributed by atoms with E-state index in [9.17, 15) is 13.2 Å². The molecule has 0 aromatic carbocycles. The van der Waals surface area contributed by atoms with Crippen LogP contribution in [0, 0.1) is 0 Å². The van der Waals surface area contributed by atoms with Crippen LogP contribution < -0.4 is 0 Å². The standard InChI is InChI=1S/C8H16O4S2/c1-3-12-8(9)4-5-13-6-7-14(2,10)11/h3-7H2,1-2H3. The Kier molecular flexibility index (Phi) is 7.00. The van der Waals surface area contributed by atoms with Crippen LogP contribution in [0.3, 0.4) is 0 Å². The van der Waals surface area contributed by atoms with Gasteiger partial charge < -0.3 is 4.74 Å². The number of hydrogen-bond acceptors (Lipinski definition) is 5. The molecule has 14 heavy (non-hydrogen) atoms. The molecule has 0 saturated heterocycles. The van der Waals surface area contributed by atoms with Crippen molar-refractivity contribution in [2.24, 2.45) is 0 Å². The summed E-state index contributed by atoms with van der Waals surface area (Å²) in [4.78, 5) is 10.8. The summed E-state index contributed by atoms with van der Waals surface area (Å²) in [7, 11) is -2.87. The molecule has 0 N–H and O–H groups in total.